The van der Waals surface area contributed by atoms with Crippen LogP contribution in [0.5, 0.6) is 5.75 Å². The minimum atomic E-state index is -3.91. The van der Waals surface area contributed by atoms with Gasteiger partial charge in [-0.15, -0.1) is 11.3 Å². The summed E-state index contributed by atoms with van der Waals surface area (Å²) in [5, 5.41) is 5.13. The number of hydrogen-bond acceptors (Lipinski definition) is 8. The molecule has 3 heterocycles. The van der Waals surface area contributed by atoms with E-state index in [1.807, 2.05) is 11.9 Å². The quantitative estimate of drug-likeness (QED) is 0.567. The van der Waals surface area contributed by atoms with Crippen molar-refractivity contribution in [2.75, 3.05) is 50.1 Å². The van der Waals surface area contributed by atoms with Gasteiger partial charge in [0.1, 0.15) is 18.4 Å². The van der Waals surface area contributed by atoms with E-state index in [2.05, 4.69) is 10.3 Å². The number of hydrogen-bond donors (Lipinski definition) is 1. The second-order valence-corrected chi connectivity index (χ2v) is 12.7. The van der Waals surface area contributed by atoms with Gasteiger partial charge in [0.2, 0.25) is 21.8 Å². The summed E-state index contributed by atoms with van der Waals surface area (Å²) in [5.74, 6) is 0.259. The number of thiazole rings is 1. The van der Waals surface area contributed by atoms with Gasteiger partial charge in [-0.25, -0.2) is 13.4 Å². The maximum atomic E-state index is 13.4. The molecule has 0 radical (unpaired) electrons. The van der Waals surface area contributed by atoms with E-state index in [-0.39, 0.29) is 36.3 Å². The van der Waals surface area contributed by atoms with E-state index in [1.54, 1.807) is 28.6 Å². The van der Waals surface area contributed by atoms with Crippen LogP contribution in [-0.4, -0.2) is 80.3 Å². The van der Waals surface area contributed by atoms with Crippen molar-refractivity contribution in [1.82, 2.24) is 14.2 Å². The Hall–Kier alpha value is -2.70. The highest BCUT2D eigenvalue weighted by Gasteiger charge is 2.39. The van der Waals surface area contributed by atoms with Gasteiger partial charge in [0, 0.05) is 37.8 Å². The second kappa shape index (κ2) is 11.0. The van der Waals surface area contributed by atoms with Crippen molar-refractivity contribution < 1.29 is 22.7 Å². The van der Waals surface area contributed by atoms with Crippen LogP contribution in [0, 0.1) is 5.92 Å². The molecule has 2 aliphatic heterocycles. The molecule has 0 unspecified atom stereocenters. The lowest BCUT2D eigenvalue weighted by Crippen LogP contribution is -2.58. The molecule has 1 aliphatic carbocycles. The number of anilines is 2. The molecule has 2 fully saturated rings. The topological polar surface area (TPSA) is 112 Å². The molecule has 1 saturated carbocycles. The third-order valence-electron chi connectivity index (χ3n) is 7.51. The van der Waals surface area contributed by atoms with Crippen molar-refractivity contribution >= 4 is 44.0 Å². The number of rotatable bonds is 7. The monoisotopic (exact) mass is 547 g/mol. The average Bonchev–Trinajstić information content (AvgIpc) is 3.41. The molecular weight excluding hydrogens is 514 g/mol. The van der Waals surface area contributed by atoms with Crippen LogP contribution < -0.4 is 15.0 Å². The van der Waals surface area contributed by atoms with E-state index < -0.39 is 16.1 Å². The first-order valence-corrected chi connectivity index (χ1v) is 15.1. The van der Waals surface area contributed by atoms with E-state index in [0.29, 0.717) is 29.8 Å². The Kier molecular flexibility index (Phi) is 7.68. The van der Waals surface area contributed by atoms with Gasteiger partial charge in [-0.05, 0) is 24.5 Å². The standard InChI is InChI=1S/C25H33N5O5S2/c1-28-12-13-35-22-16-19(7-8-20(22)28)37(33,34)29-10-11-30(23(31)17-29)21(15-18-5-3-2-4-6-18)24(32)27-25-26-9-14-36-25/h7-9,14,16,18,21H,2-6,10-13,15,17H2,1H3,(H,26,27,32)/t21-/m0/s1. The van der Waals surface area contributed by atoms with Crippen molar-refractivity contribution in [2.45, 2.75) is 49.5 Å². The average molecular weight is 548 g/mol. The number of sulfonamides is 1. The Balaban J connectivity index is 1.32. The number of carbonyl (C=O) groups excluding carboxylic acids is 2. The van der Waals surface area contributed by atoms with Gasteiger partial charge in [-0.1, -0.05) is 32.1 Å². The minimum absolute atomic E-state index is 0.100. The predicted molar refractivity (Wildman–Crippen MR) is 141 cm³/mol. The molecule has 37 heavy (non-hydrogen) atoms. The molecule has 1 N–H and O–H groups in total. The highest BCUT2D eigenvalue weighted by Crippen LogP contribution is 2.34. The molecule has 10 nitrogen and oxygen atoms in total. The number of ether oxygens (including phenoxy) is 1. The fourth-order valence-corrected chi connectivity index (χ4v) is 7.36. The summed E-state index contributed by atoms with van der Waals surface area (Å²) < 4.78 is 33.8. The van der Waals surface area contributed by atoms with Crippen molar-refractivity contribution in [3.05, 3.63) is 29.8 Å². The molecule has 5 rings (SSSR count). The van der Waals surface area contributed by atoms with Gasteiger partial charge < -0.3 is 19.9 Å². The van der Waals surface area contributed by atoms with Crippen LogP contribution in [-0.2, 0) is 19.6 Å². The number of amides is 2. The van der Waals surface area contributed by atoms with Crippen LogP contribution in [0.15, 0.2) is 34.7 Å². The molecular formula is C25H33N5O5S2. The van der Waals surface area contributed by atoms with Gasteiger partial charge in [0.25, 0.3) is 0 Å². The number of aromatic nitrogens is 1. The molecule has 12 heteroatoms. The van der Waals surface area contributed by atoms with Crippen LogP contribution in [0.25, 0.3) is 0 Å². The SMILES string of the molecule is CN1CCOc2cc(S(=O)(=O)N3CCN([C@@H](CC4CCCCC4)C(=O)Nc4nccs4)C(=O)C3)ccc21. The van der Waals surface area contributed by atoms with E-state index in [0.717, 1.165) is 37.9 Å². The Labute approximate surface area is 221 Å². The Morgan fingerprint density at radius 2 is 2.03 bits per heavy atom. The van der Waals surface area contributed by atoms with Crippen LogP contribution in [0.4, 0.5) is 10.8 Å². The summed E-state index contributed by atoms with van der Waals surface area (Å²) in [7, 11) is -1.97. The maximum absolute atomic E-state index is 13.4. The Bertz CT molecular complexity index is 1230. The van der Waals surface area contributed by atoms with Gasteiger partial charge in [-0.2, -0.15) is 4.31 Å². The first-order valence-electron chi connectivity index (χ1n) is 12.8. The summed E-state index contributed by atoms with van der Waals surface area (Å²) in [5.41, 5.74) is 0.836. The van der Waals surface area contributed by atoms with Crippen LogP contribution in [0.3, 0.4) is 0 Å². The van der Waals surface area contributed by atoms with E-state index in [4.69, 9.17) is 4.74 Å². The molecule has 200 valence electrons. The number of fused-ring (bicyclic) bond motifs is 1. The van der Waals surface area contributed by atoms with Gasteiger partial charge in [0.05, 0.1) is 23.7 Å². The molecule has 1 atom stereocenters. The van der Waals surface area contributed by atoms with Gasteiger partial charge in [0.15, 0.2) is 5.13 Å². The number of nitrogens with one attached hydrogen (secondary N) is 1. The number of piperazine rings is 1. The van der Waals surface area contributed by atoms with Gasteiger partial charge in [-0.3, -0.25) is 9.59 Å². The Morgan fingerprint density at radius 3 is 2.76 bits per heavy atom. The molecule has 2 amide bonds. The van der Waals surface area contributed by atoms with Crippen molar-refractivity contribution in [3.8, 4) is 5.75 Å². The first kappa shape index (κ1) is 25.9. The predicted octanol–water partition coefficient (Wildman–Crippen LogP) is 2.78. The molecule has 3 aliphatic rings. The number of nitrogens with zero attached hydrogens (tertiary/aromatic N) is 4. The number of likely N-dealkylation sites (N-methyl/N-ethyl adjacent to an activating group) is 1. The van der Waals surface area contributed by atoms with Crippen LogP contribution in [0.1, 0.15) is 38.5 Å². The highest BCUT2D eigenvalue weighted by molar-refractivity contribution is 7.89. The summed E-state index contributed by atoms with van der Waals surface area (Å²) in [4.78, 5) is 34.5. The second-order valence-electron chi connectivity index (χ2n) is 9.91. The summed E-state index contributed by atoms with van der Waals surface area (Å²) >= 11 is 1.33. The van der Waals surface area contributed by atoms with Crippen LogP contribution >= 0.6 is 11.3 Å². The maximum Gasteiger partial charge on any atom is 0.248 e. The molecule has 1 aromatic carbocycles. The minimum Gasteiger partial charge on any atom is -0.490 e. The van der Waals surface area contributed by atoms with Crippen molar-refractivity contribution in [1.29, 1.82) is 0 Å². The van der Waals surface area contributed by atoms with Crippen molar-refractivity contribution in [3.63, 3.8) is 0 Å². The van der Waals surface area contributed by atoms with Crippen LogP contribution in [0.2, 0.25) is 0 Å². The normalized spacial score (nSPS) is 20.3. The van der Waals surface area contributed by atoms with Crippen molar-refractivity contribution in [2.24, 2.45) is 5.92 Å². The summed E-state index contributed by atoms with van der Waals surface area (Å²) in [6, 6.07) is 4.17. The number of benzene rings is 1. The lowest BCUT2D eigenvalue weighted by Gasteiger charge is -2.39. The lowest BCUT2D eigenvalue weighted by atomic mass is 9.84. The first-order chi connectivity index (χ1) is 17.8. The summed E-state index contributed by atoms with van der Waals surface area (Å²) in [6.07, 6.45) is 7.74. The molecule has 2 aromatic rings. The zero-order chi connectivity index (χ0) is 26.0. The fourth-order valence-electron chi connectivity index (χ4n) is 5.44. The zero-order valence-corrected chi connectivity index (χ0v) is 22.6. The smallest absolute Gasteiger partial charge is 0.248 e. The highest BCUT2D eigenvalue weighted by atomic mass is 32.2. The molecule has 0 spiro atoms. The molecule has 1 saturated heterocycles. The third kappa shape index (κ3) is 5.60. The van der Waals surface area contributed by atoms with Gasteiger partial charge >= 0.3 is 0 Å². The van der Waals surface area contributed by atoms with E-state index >= 15 is 0 Å². The lowest BCUT2D eigenvalue weighted by molar-refractivity contribution is -0.142. The number of carbonyl (C=O) groups is 2. The van der Waals surface area contributed by atoms with E-state index in [9.17, 15) is 18.0 Å². The Morgan fingerprint density at radius 1 is 1.22 bits per heavy atom. The van der Waals surface area contributed by atoms with E-state index in [1.165, 1.54) is 28.1 Å². The summed E-state index contributed by atoms with van der Waals surface area (Å²) in [6.45, 7) is 1.19. The molecule has 1 aromatic heterocycles. The zero-order valence-electron chi connectivity index (χ0n) is 21.0. The third-order valence-corrected chi connectivity index (χ3v) is 10.0. The largest absolute Gasteiger partial charge is 0.490 e. The fraction of sp³-hybridized carbons (Fsp3) is 0.560. The molecule has 0 bridgehead atoms.